The molecular formula is C31H32N2O5. The Balaban J connectivity index is 1.23. The minimum Gasteiger partial charge on any atom is -0.491 e. The fourth-order valence-corrected chi connectivity index (χ4v) is 5.75. The van der Waals surface area contributed by atoms with Crippen molar-refractivity contribution in [2.24, 2.45) is 0 Å². The fourth-order valence-electron chi connectivity index (χ4n) is 5.75. The van der Waals surface area contributed by atoms with Gasteiger partial charge < -0.3 is 24.4 Å². The second kappa shape index (κ2) is 10.0. The number of carbonyl (C=O) groups excluding carboxylic acids is 2. The Kier molecular flexibility index (Phi) is 6.44. The number of ether oxygens (including phenoxy) is 3. The Morgan fingerprint density at radius 2 is 1.71 bits per heavy atom. The summed E-state index contributed by atoms with van der Waals surface area (Å²) < 4.78 is 17.2. The normalized spacial score (nSPS) is 18.4. The summed E-state index contributed by atoms with van der Waals surface area (Å²) in [6, 6.07) is 19.1. The highest BCUT2D eigenvalue weighted by Gasteiger charge is 2.57. The maximum atomic E-state index is 14.2. The van der Waals surface area contributed by atoms with Gasteiger partial charge in [-0.05, 0) is 41.8 Å². The van der Waals surface area contributed by atoms with E-state index >= 15 is 0 Å². The molecule has 1 spiro atoms. The number of carbonyl (C=O) groups is 2. The first-order valence-corrected chi connectivity index (χ1v) is 13.5. The van der Waals surface area contributed by atoms with E-state index in [9.17, 15) is 9.59 Å². The summed E-state index contributed by atoms with van der Waals surface area (Å²) in [6.07, 6.45) is 5.75. The van der Waals surface area contributed by atoms with Gasteiger partial charge in [-0.15, -0.1) is 0 Å². The van der Waals surface area contributed by atoms with Crippen LogP contribution in [0.4, 0.5) is 5.69 Å². The molecule has 0 fully saturated rings. The summed E-state index contributed by atoms with van der Waals surface area (Å²) in [6.45, 7) is 3.60. The number of amides is 2. The van der Waals surface area contributed by atoms with Crippen molar-refractivity contribution in [3.05, 3.63) is 82.9 Å². The Hall–Kier alpha value is -4.00. The predicted molar refractivity (Wildman–Crippen MR) is 144 cm³/mol. The highest BCUT2D eigenvalue weighted by atomic mass is 16.7. The number of rotatable bonds is 9. The lowest BCUT2D eigenvalue weighted by Gasteiger charge is -2.23. The van der Waals surface area contributed by atoms with E-state index in [1.54, 1.807) is 0 Å². The molecular weight excluding hydrogens is 480 g/mol. The largest absolute Gasteiger partial charge is 0.491 e. The van der Waals surface area contributed by atoms with Crippen LogP contribution in [0.25, 0.3) is 0 Å². The first-order valence-electron chi connectivity index (χ1n) is 13.5. The zero-order valence-electron chi connectivity index (χ0n) is 21.6. The van der Waals surface area contributed by atoms with Crippen molar-refractivity contribution in [2.75, 3.05) is 24.8 Å². The molecule has 0 aliphatic carbocycles. The molecule has 7 heteroatoms. The van der Waals surface area contributed by atoms with E-state index in [-0.39, 0.29) is 25.2 Å². The smallest absolute Gasteiger partial charge is 0.251 e. The number of unbranched alkanes of at least 4 members (excludes halogenated alkanes) is 4. The highest BCUT2D eigenvalue weighted by molar-refractivity contribution is 6.11. The lowest BCUT2D eigenvalue weighted by atomic mass is 9.77. The van der Waals surface area contributed by atoms with Gasteiger partial charge in [0.1, 0.15) is 17.8 Å². The molecule has 196 valence electrons. The molecule has 38 heavy (non-hydrogen) atoms. The number of benzene rings is 3. The first kappa shape index (κ1) is 24.3. The van der Waals surface area contributed by atoms with Crippen LogP contribution >= 0.6 is 0 Å². The van der Waals surface area contributed by atoms with Gasteiger partial charge in [0.2, 0.25) is 12.7 Å². The molecule has 7 nitrogen and oxygen atoms in total. The van der Waals surface area contributed by atoms with Crippen molar-refractivity contribution in [3.8, 4) is 17.2 Å². The Morgan fingerprint density at radius 1 is 0.895 bits per heavy atom. The van der Waals surface area contributed by atoms with Gasteiger partial charge in [0.25, 0.3) is 5.91 Å². The molecule has 3 aliphatic heterocycles. The Morgan fingerprint density at radius 3 is 2.58 bits per heavy atom. The zero-order chi connectivity index (χ0) is 26.1. The summed E-state index contributed by atoms with van der Waals surface area (Å²) in [5, 5.41) is 3.03. The van der Waals surface area contributed by atoms with Crippen molar-refractivity contribution in [2.45, 2.75) is 51.0 Å². The maximum Gasteiger partial charge on any atom is 0.251 e. The highest BCUT2D eigenvalue weighted by Crippen LogP contribution is 2.55. The minimum atomic E-state index is -0.945. The third-order valence-electron chi connectivity index (χ3n) is 7.74. The van der Waals surface area contributed by atoms with Crippen molar-refractivity contribution in [1.82, 2.24) is 5.32 Å². The van der Waals surface area contributed by atoms with E-state index in [0.29, 0.717) is 35.9 Å². The molecule has 0 saturated heterocycles. The third-order valence-corrected chi connectivity index (χ3v) is 7.74. The molecule has 3 aliphatic rings. The topological polar surface area (TPSA) is 77.1 Å². The molecule has 0 bridgehead atoms. The number of para-hydroxylation sites is 1. The van der Waals surface area contributed by atoms with Crippen molar-refractivity contribution in [1.29, 1.82) is 0 Å². The molecule has 0 aromatic heterocycles. The van der Waals surface area contributed by atoms with E-state index in [1.165, 1.54) is 19.3 Å². The van der Waals surface area contributed by atoms with Crippen molar-refractivity contribution in [3.63, 3.8) is 0 Å². The molecule has 1 unspecified atom stereocenters. The van der Waals surface area contributed by atoms with Gasteiger partial charge in [-0.25, -0.2) is 0 Å². The van der Waals surface area contributed by atoms with Gasteiger partial charge in [0.05, 0.1) is 6.54 Å². The third kappa shape index (κ3) is 4.06. The quantitative estimate of drug-likeness (QED) is 0.392. The van der Waals surface area contributed by atoms with Gasteiger partial charge >= 0.3 is 0 Å². The number of nitrogens with zero attached hydrogens (tertiary/aromatic N) is 1. The van der Waals surface area contributed by atoms with Gasteiger partial charge in [-0.2, -0.15) is 0 Å². The zero-order valence-corrected chi connectivity index (χ0v) is 21.6. The van der Waals surface area contributed by atoms with Crippen LogP contribution in [0.5, 0.6) is 17.2 Å². The van der Waals surface area contributed by atoms with Gasteiger partial charge in [-0.1, -0.05) is 62.9 Å². The number of nitrogens with one attached hydrogen (secondary N) is 1. The lowest BCUT2D eigenvalue weighted by Crippen LogP contribution is -2.42. The van der Waals surface area contributed by atoms with E-state index in [1.807, 2.05) is 65.6 Å². The van der Waals surface area contributed by atoms with Crippen molar-refractivity contribution >= 4 is 17.5 Å². The monoisotopic (exact) mass is 512 g/mol. The molecule has 0 radical (unpaired) electrons. The van der Waals surface area contributed by atoms with Gasteiger partial charge in [0.15, 0.2) is 11.5 Å². The molecule has 3 aromatic rings. The van der Waals surface area contributed by atoms with E-state index in [4.69, 9.17) is 14.2 Å². The molecule has 1 atom stereocenters. The number of hydrogen-bond donors (Lipinski definition) is 1. The van der Waals surface area contributed by atoms with Crippen LogP contribution in [0, 0.1) is 0 Å². The summed E-state index contributed by atoms with van der Waals surface area (Å²) in [5.41, 5.74) is 3.13. The standard InChI is InChI=1S/C31H32N2O5/c1-2-3-4-5-8-14-32-29(34)22-11-9-10-21(15-22)18-33-25-13-7-6-12-23(25)31(30(33)35)19-36-26-17-28-27(16-24(26)31)37-20-38-28/h6-7,9-13,15-17H,2-5,8,14,18-20H2,1H3,(H,32,34). The van der Waals surface area contributed by atoms with Crippen LogP contribution in [0.15, 0.2) is 60.7 Å². The molecule has 0 saturated carbocycles. The van der Waals surface area contributed by atoms with E-state index < -0.39 is 5.41 Å². The fraction of sp³-hybridized carbons (Fsp3) is 0.355. The molecule has 3 heterocycles. The van der Waals surface area contributed by atoms with E-state index in [0.717, 1.165) is 35.2 Å². The first-order chi connectivity index (χ1) is 18.6. The van der Waals surface area contributed by atoms with Crippen LogP contribution in [-0.2, 0) is 16.8 Å². The van der Waals surface area contributed by atoms with E-state index in [2.05, 4.69) is 12.2 Å². The summed E-state index contributed by atoms with van der Waals surface area (Å²) in [7, 11) is 0. The summed E-state index contributed by atoms with van der Waals surface area (Å²) in [5.74, 6) is 1.78. The molecule has 3 aromatic carbocycles. The Bertz CT molecular complexity index is 1390. The second-order valence-electron chi connectivity index (χ2n) is 10.2. The molecule has 6 rings (SSSR count). The number of anilines is 1. The maximum absolute atomic E-state index is 14.2. The number of fused-ring (bicyclic) bond motifs is 5. The molecule has 2 amide bonds. The predicted octanol–water partition coefficient (Wildman–Crippen LogP) is 5.34. The van der Waals surface area contributed by atoms with Gasteiger partial charge in [0, 0.05) is 29.4 Å². The van der Waals surface area contributed by atoms with Crippen LogP contribution in [-0.4, -0.2) is 31.8 Å². The average Bonchev–Trinajstić information content (AvgIpc) is 3.62. The SMILES string of the molecule is CCCCCCCNC(=O)c1cccc(CN2C(=O)C3(COc4cc5c(cc43)OCO5)c3ccccc32)c1. The number of hydrogen-bond acceptors (Lipinski definition) is 5. The summed E-state index contributed by atoms with van der Waals surface area (Å²) in [4.78, 5) is 28.8. The van der Waals surface area contributed by atoms with Crippen LogP contribution in [0.1, 0.15) is 66.1 Å². The lowest BCUT2D eigenvalue weighted by molar-refractivity contribution is -0.122. The second-order valence-corrected chi connectivity index (χ2v) is 10.2. The molecule has 1 N–H and O–H groups in total. The minimum absolute atomic E-state index is 0.0433. The average molecular weight is 513 g/mol. The Labute approximate surface area is 222 Å². The van der Waals surface area contributed by atoms with Crippen LogP contribution in [0.3, 0.4) is 0 Å². The van der Waals surface area contributed by atoms with Crippen molar-refractivity contribution < 1.29 is 23.8 Å². The van der Waals surface area contributed by atoms with Crippen LogP contribution < -0.4 is 24.4 Å². The summed E-state index contributed by atoms with van der Waals surface area (Å²) >= 11 is 0. The van der Waals surface area contributed by atoms with Gasteiger partial charge in [-0.3, -0.25) is 9.59 Å². The van der Waals surface area contributed by atoms with Crippen LogP contribution in [0.2, 0.25) is 0 Å².